The van der Waals surface area contributed by atoms with Gasteiger partial charge >= 0.3 is 126 Å². The fourth-order valence-corrected chi connectivity index (χ4v) is 26.1. The van der Waals surface area contributed by atoms with E-state index in [4.69, 9.17) is 0 Å². The molecule has 0 amide bonds. The molecule has 0 spiro atoms. The number of rotatable bonds is 2. The van der Waals surface area contributed by atoms with E-state index in [1.54, 1.807) is 12.1 Å². The number of hydrogen-bond acceptors (Lipinski definition) is 0. The van der Waals surface area contributed by atoms with E-state index in [1.807, 2.05) is 0 Å². The van der Waals surface area contributed by atoms with E-state index in [1.165, 1.54) is 6.42 Å². The van der Waals surface area contributed by atoms with E-state index in [2.05, 4.69) is 74.2 Å². The Morgan fingerprint density at radius 3 is 2.21 bits per heavy atom. The minimum atomic E-state index is -1.78. The molecule has 2 aromatic rings. The van der Waals surface area contributed by atoms with E-state index in [0.717, 1.165) is 3.25 Å². The molecule has 2 aromatic carbocycles. The maximum atomic E-state index is 2.56. The molecular weight excluding hydrogens is 441 g/mol. The molecule has 0 N–H and O–H groups in total. The first-order chi connectivity index (χ1) is 9.07. The third-order valence-electron chi connectivity index (χ3n) is 4.01. The van der Waals surface area contributed by atoms with E-state index in [9.17, 15) is 0 Å². The van der Waals surface area contributed by atoms with E-state index in [-0.39, 0.29) is 0 Å². The van der Waals surface area contributed by atoms with Crippen LogP contribution < -0.4 is 6.54 Å². The normalized spacial score (nSPS) is 19.4. The summed E-state index contributed by atoms with van der Waals surface area (Å²) < 4.78 is 4.51. The van der Waals surface area contributed by atoms with E-state index >= 15 is 0 Å². The first-order valence-corrected chi connectivity index (χ1v) is 16.1. The van der Waals surface area contributed by atoms with Gasteiger partial charge < -0.3 is 0 Å². The predicted molar refractivity (Wildman–Crippen MR) is 88.7 cm³/mol. The molecule has 2 heteroatoms. The Morgan fingerprint density at radius 1 is 0.895 bits per heavy atom. The minimum absolute atomic E-state index is 1.03. The molecule has 98 valence electrons. The zero-order valence-corrected chi connectivity index (χ0v) is 16.4. The Bertz CT molecular complexity index is 571. The summed E-state index contributed by atoms with van der Waals surface area (Å²) in [6, 6.07) is 20.7. The van der Waals surface area contributed by atoms with E-state index < -0.39 is 29.8 Å². The summed E-state index contributed by atoms with van der Waals surface area (Å²) in [7, 11) is -1.08. The van der Waals surface area contributed by atoms with Gasteiger partial charge in [0.25, 0.3) is 0 Å². The summed E-state index contributed by atoms with van der Waals surface area (Å²) in [5.41, 5.74) is 1.66. The van der Waals surface area contributed by atoms with Crippen LogP contribution in [-0.2, 0) is 6.42 Å². The van der Waals surface area contributed by atoms with Gasteiger partial charge in [0.2, 0.25) is 0 Å². The summed E-state index contributed by atoms with van der Waals surface area (Å²) in [4.78, 5) is 0. The van der Waals surface area contributed by atoms with Gasteiger partial charge in [0, 0.05) is 0 Å². The first-order valence-electron chi connectivity index (χ1n) is 6.99. The summed E-state index contributed by atoms with van der Waals surface area (Å²) in [5, 5.41) is 0. The van der Waals surface area contributed by atoms with Gasteiger partial charge in [0.05, 0.1) is 0 Å². The van der Waals surface area contributed by atoms with Crippen LogP contribution in [-0.4, -0.2) is 29.8 Å². The molecule has 1 atom stereocenters. The molecule has 0 aromatic heterocycles. The molecule has 1 unspecified atom stereocenters. The van der Waals surface area contributed by atoms with Crippen molar-refractivity contribution in [2.75, 3.05) is 0 Å². The Hall–Kier alpha value is -0.460. The molecule has 1 heterocycles. The Balaban J connectivity index is 2.11. The van der Waals surface area contributed by atoms with Crippen molar-refractivity contribution >= 4 is 36.4 Å². The van der Waals surface area contributed by atoms with Gasteiger partial charge in [-0.15, -0.1) is 0 Å². The second-order valence-electron chi connectivity index (χ2n) is 6.42. The predicted octanol–water partition coefficient (Wildman–Crippen LogP) is 3.10. The van der Waals surface area contributed by atoms with Gasteiger partial charge in [-0.25, -0.2) is 0 Å². The molecule has 1 aliphatic rings. The third kappa shape index (κ3) is 2.58. The quantitative estimate of drug-likeness (QED) is 0.602. The van der Waals surface area contributed by atoms with Crippen molar-refractivity contribution in [3.63, 3.8) is 0 Å². The molecule has 0 fully saturated rings. The summed E-state index contributed by atoms with van der Waals surface area (Å²) in [5.74, 6) is 0. The van der Waals surface area contributed by atoms with Gasteiger partial charge in [-0.05, 0) is 0 Å². The van der Waals surface area contributed by atoms with Crippen LogP contribution in [0, 0.1) is 0 Å². The zero-order chi connectivity index (χ0) is 13.5. The molecule has 19 heavy (non-hydrogen) atoms. The van der Waals surface area contributed by atoms with Crippen LogP contribution >= 0.6 is 0 Å². The number of fused-ring (bicyclic) bond motifs is 1. The second kappa shape index (κ2) is 5.14. The zero-order valence-electron chi connectivity index (χ0n) is 11.9. The van der Waals surface area contributed by atoms with Crippen molar-refractivity contribution in [3.8, 4) is 0 Å². The molecule has 3 rings (SSSR count). The van der Waals surface area contributed by atoms with Crippen molar-refractivity contribution in [2.45, 2.75) is 29.3 Å². The van der Waals surface area contributed by atoms with Crippen LogP contribution in [0.25, 0.3) is 0 Å². The van der Waals surface area contributed by atoms with Crippen LogP contribution in [0.4, 0.5) is 0 Å². The summed E-state index contributed by atoms with van der Waals surface area (Å²) in [6.45, 7) is 7.69. The van der Waals surface area contributed by atoms with Crippen molar-refractivity contribution in [3.05, 3.63) is 60.2 Å². The summed E-state index contributed by atoms with van der Waals surface area (Å²) >= 11 is -1.78. The summed E-state index contributed by atoms with van der Waals surface area (Å²) in [6.07, 6.45) is 1.36. The molecule has 0 radical (unpaired) electrons. The van der Waals surface area contributed by atoms with Gasteiger partial charge in [-0.2, -0.15) is 0 Å². The monoisotopic (exact) mass is 462 g/mol. The van der Waals surface area contributed by atoms with E-state index in [0.29, 0.717) is 0 Å². The van der Waals surface area contributed by atoms with Crippen LogP contribution in [0.1, 0.15) is 5.56 Å². The molecule has 0 aliphatic carbocycles. The fourth-order valence-electron chi connectivity index (χ4n) is 2.99. The molecule has 0 bridgehead atoms. The standard InChI is InChI=1S/C11H16Si.C6H5.Bi/c1-12(2,3)10-9-11-7-5-4-6-8-11;1-2-4-6-5-3-1;/h4-7,10H,9H2,1-3H3;1-5H;. The van der Waals surface area contributed by atoms with Crippen molar-refractivity contribution in [2.24, 2.45) is 0 Å². The molecule has 0 saturated carbocycles. The van der Waals surface area contributed by atoms with Crippen molar-refractivity contribution in [1.82, 2.24) is 0 Å². The average molecular weight is 462 g/mol. The van der Waals surface area contributed by atoms with Crippen LogP contribution in [0.15, 0.2) is 54.6 Å². The third-order valence-corrected chi connectivity index (χ3v) is 27.7. The molecule has 1 aliphatic heterocycles. The first kappa shape index (κ1) is 13.5. The van der Waals surface area contributed by atoms with Crippen molar-refractivity contribution in [1.29, 1.82) is 0 Å². The molecule has 0 nitrogen and oxygen atoms in total. The maximum absolute atomic E-state index is 2.56. The van der Waals surface area contributed by atoms with Crippen LogP contribution in [0.2, 0.25) is 22.9 Å². The van der Waals surface area contributed by atoms with Gasteiger partial charge in [0.15, 0.2) is 0 Å². The Kier molecular flexibility index (Phi) is 3.66. The second-order valence-corrected chi connectivity index (χ2v) is 23.0. The Morgan fingerprint density at radius 2 is 1.53 bits per heavy atom. The van der Waals surface area contributed by atoms with Crippen LogP contribution in [0.3, 0.4) is 0 Å². The number of hydrogen-bond donors (Lipinski definition) is 0. The Labute approximate surface area is 125 Å². The average Bonchev–Trinajstić information content (AvgIpc) is 2.79. The van der Waals surface area contributed by atoms with Gasteiger partial charge in [0.1, 0.15) is 0 Å². The molecular formula is C17H21BiSi. The van der Waals surface area contributed by atoms with Crippen molar-refractivity contribution < 1.29 is 0 Å². The fraction of sp³-hybridized carbons (Fsp3) is 0.294. The van der Waals surface area contributed by atoms with Gasteiger partial charge in [-0.3, -0.25) is 0 Å². The number of benzene rings is 2. The van der Waals surface area contributed by atoms with Crippen LogP contribution in [0.5, 0.6) is 0 Å². The molecule has 0 saturated heterocycles. The SMILES string of the molecule is C[Si](C)(C)[CH]1Cc2cccc[c]2[Bi]1[c]1ccccc1. The topological polar surface area (TPSA) is 0 Å². The van der Waals surface area contributed by atoms with Gasteiger partial charge in [-0.1, -0.05) is 0 Å².